The highest BCUT2D eigenvalue weighted by atomic mass is 32.2. The summed E-state index contributed by atoms with van der Waals surface area (Å²) in [6.45, 7) is 1.28. The van der Waals surface area contributed by atoms with E-state index >= 15 is 0 Å². The quantitative estimate of drug-likeness (QED) is 0.0556. The molecule has 0 bridgehead atoms. The number of hydrogen-bond donors (Lipinski definition) is 8. The molecule has 0 spiro atoms. The van der Waals surface area contributed by atoms with Gasteiger partial charge in [0.05, 0.1) is 11.1 Å². The maximum absolute atomic E-state index is 12.5. The summed E-state index contributed by atoms with van der Waals surface area (Å²) in [6.07, 6.45) is 0. The normalized spacial score (nSPS) is 13.4. The van der Waals surface area contributed by atoms with Gasteiger partial charge in [-0.3, -0.25) is 22.8 Å². The van der Waals surface area contributed by atoms with Gasteiger partial charge in [0.1, 0.15) is 47.2 Å². The second kappa shape index (κ2) is 13.9. The molecule has 0 atom stereocenters. The Kier molecular flexibility index (Phi) is 10.4. The molecule has 10 N–H and O–H groups in total. The Morgan fingerprint density at radius 1 is 0.582 bits per heavy atom. The predicted octanol–water partition coefficient (Wildman–Crippen LogP) is 4.11. The summed E-state index contributed by atoms with van der Waals surface area (Å²) >= 11 is 0. The number of nitrogen functional groups attached to an aromatic ring is 1. The van der Waals surface area contributed by atoms with Crippen molar-refractivity contribution >= 4 is 101 Å². The molecule has 0 saturated carbocycles. The average molecular weight is 861 g/mol. The minimum absolute atomic E-state index is 0.169. The third-order valence-electron chi connectivity index (χ3n) is 7.79. The molecule has 5 aromatic carbocycles. The number of phenolic OH excluding ortho intramolecular Hbond substituents is 1. The molecule has 5 aromatic rings. The molecule has 55 heavy (non-hydrogen) atoms. The van der Waals surface area contributed by atoms with Crippen molar-refractivity contribution in [3.8, 4) is 5.75 Å². The van der Waals surface area contributed by atoms with E-state index in [1.165, 1.54) is 6.92 Å². The second-order valence-electron chi connectivity index (χ2n) is 11.3. The van der Waals surface area contributed by atoms with Crippen molar-refractivity contribution in [2.45, 2.75) is 37.9 Å². The van der Waals surface area contributed by atoms with Crippen molar-refractivity contribution in [3.63, 3.8) is 0 Å². The fraction of sp³-hybridized carbons (Fsp3) is 0.0714. The molecule has 0 amide bonds. The summed E-state index contributed by atoms with van der Waals surface area (Å²) in [4.78, 5) is -5.17. The number of aromatic hydroxyl groups is 1. The summed E-state index contributed by atoms with van der Waals surface area (Å²) in [7, 11) is -26.1. The molecule has 22 nitrogen and oxygen atoms in total. The van der Waals surface area contributed by atoms with Gasteiger partial charge in [-0.15, -0.1) is 20.5 Å². The number of phenols is 1. The molecule has 0 unspecified atom stereocenters. The van der Waals surface area contributed by atoms with Crippen LogP contribution < -0.4 is 11.5 Å². The first-order valence-corrected chi connectivity index (χ1v) is 21.6. The highest BCUT2D eigenvalue weighted by Crippen LogP contribution is 2.49. The lowest BCUT2D eigenvalue weighted by molar-refractivity contribution is 0.472. The van der Waals surface area contributed by atoms with Gasteiger partial charge in [0, 0.05) is 17.3 Å². The zero-order valence-corrected chi connectivity index (χ0v) is 31.2. The maximum atomic E-state index is 12.5. The molecule has 5 rings (SSSR count). The summed E-state index contributed by atoms with van der Waals surface area (Å²) in [6, 6.07) is 7.77. The number of rotatable bonds is 10. The molecule has 0 aliphatic rings. The zero-order chi connectivity index (χ0) is 41.2. The van der Waals surface area contributed by atoms with Crippen LogP contribution >= 0.6 is 0 Å². The van der Waals surface area contributed by atoms with Gasteiger partial charge in [0.25, 0.3) is 50.6 Å². The fourth-order valence-electron chi connectivity index (χ4n) is 5.39. The lowest BCUT2D eigenvalue weighted by atomic mass is 10.1. The van der Waals surface area contributed by atoms with E-state index in [2.05, 4.69) is 20.5 Å². The molecule has 0 aromatic heterocycles. The topological polar surface area (TPSA) is 394 Å². The standard InChI is InChI=1S/C28H24N6O16S5/c1-12-7-20(52(39,40)41)18(8-14(12)11-29)32-34-26-22(54(45,46)47)10-13-9-21(53(42,43)44)25(24(30)23(13)27(26)35)33-31-17-6-5-15-16(28(17)55(48,49)50)3-2-4-19(15)51(36,37)38/h2-10,35H,11,29-30H2,1H3,(H,36,37,38)(H,39,40,41)(H,42,43,44)(H,45,46,47)(H,48,49,50). The van der Waals surface area contributed by atoms with Gasteiger partial charge < -0.3 is 16.6 Å². The zero-order valence-electron chi connectivity index (χ0n) is 27.2. The minimum atomic E-state index is -5.42. The minimum Gasteiger partial charge on any atom is -0.505 e. The van der Waals surface area contributed by atoms with Gasteiger partial charge in [-0.05, 0) is 59.8 Å². The van der Waals surface area contributed by atoms with E-state index in [4.69, 9.17) is 11.5 Å². The van der Waals surface area contributed by atoms with Crippen LogP contribution in [-0.4, -0.2) is 70.0 Å². The van der Waals surface area contributed by atoms with Crippen molar-refractivity contribution < 1.29 is 70.0 Å². The first-order valence-electron chi connectivity index (χ1n) is 14.4. The number of nitrogens with zero attached hydrogens (tertiary/aromatic N) is 4. The number of hydrogen-bond acceptors (Lipinski definition) is 17. The molecule has 0 aliphatic heterocycles. The van der Waals surface area contributed by atoms with Crippen LogP contribution in [0.3, 0.4) is 0 Å². The molecular formula is C28H24N6O16S5. The third-order valence-corrected chi connectivity index (χ3v) is 12.3. The van der Waals surface area contributed by atoms with Crippen molar-refractivity contribution in [2.75, 3.05) is 5.73 Å². The van der Waals surface area contributed by atoms with Crippen LogP contribution in [0.15, 0.2) is 99.5 Å². The number of aryl methyl sites for hydroxylation is 1. The summed E-state index contributed by atoms with van der Waals surface area (Å²) in [5.74, 6) is -1.27. The van der Waals surface area contributed by atoms with Gasteiger partial charge in [-0.2, -0.15) is 42.1 Å². The van der Waals surface area contributed by atoms with E-state index in [0.717, 1.165) is 42.5 Å². The predicted molar refractivity (Wildman–Crippen MR) is 190 cm³/mol. The molecule has 292 valence electrons. The number of anilines is 1. The summed E-state index contributed by atoms with van der Waals surface area (Å²) in [5, 5.41) is 23.6. The monoisotopic (exact) mass is 860 g/mol. The third kappa shape index (κ3) is 8.02. The van der Waals surface area contributed by atoms with Crippen LogP contribution in [0.5, 0.6) is 5.75 Å². The molecule has 0 aliphatic carbocycles. The van der Waals surface area contributed by atoms with Crippen molar-refractivity contribution in [2.24, 2.45) is 26.2 Å². The Balaban J connectivity index is 1.84. The Bertz CT molecular complexity index is 3130. The Hall–Kier alpha value is -5.07. The average Bonchev–Trinajstić information content (AvgIpc) is 3.04. The van der Waals surface area contributed by atoms with E-state index in [1.807, 2.05) is 0 Å². The van der Waals surface area contributed by atoms with Crippen LogP contribution in [0, 0.1) is 6.92 Å². The Labute approximate surface area is 310 Å². The van der Waals surface area contributed by atoms with Crippen molar-refractivity contribution in [3.05, 3.63) is 65.7 Å². The van der Waals surface area contributed by atoms with Gasteiger partial charge >= 0.3 is 0 Å². The Morgan fingerprint density at radius 3 is 1.64 bits per heavy atom. The number of benzene rings is 5. The fourth-order valence-corrected chi connectivity index (χ4v) is 8.95. The first-order chi connectivity index (χ1) is 25.2. The van der Waals surface area contributed by atoms with E-state index in [-0.39, 0.29) is 6.54 Å². The lowest BCUT2D eigenvalue weighted by Gasteiger charge is -2.14. The van der Waals surface area contributed by atoms with Crippen LogP contribution in [0.4, 0.5) is 28.4 Å². The van der Waals surface area contributed by atoms with Gasteiger partial charge in [-0.1, -0.05) is 18.2 Å². The number of azo groups is 2. The van der Waals surface area contributed by atoms with E-state index < -0.39 is 131 Å². The van der Waals surface area contributed by atoms with Crippen LogP contribution in [-0.2, 0) is 57.1 Å². The van der Waals surface area contributed by atoms with E-state index in [0.29, 0.717) is 23.3 Å². The SMILES string of the molecule is Cc1cc(S(=O)(=O)O)c(N=Nc2c(S(=O)(=O)O)cc3cc(S(=O)(=O)O)c(N=Nc4ccc5c(S(=O)(=O)O)cccc5c4S(=O)(=O)O)c(N)c3c2O)cc1CN. The Morgan fingerprint density at radius 2 is 1.11 bits per heavy atom. The molecular weight excluding hydrogens is 837 g/mol. The highest BCUT2D eigenvalue weighted by molar-refractivity contribution is 7.87. The van der Waals surface area contributed by atoms with Gasteiger partial charge in [0.2, 0.25) is 0 Å². The number of nitrogens with two attached hydrogens (primary N) is 2. The summed E-state index contributed by atoms with van der Waals surface area (Å²) in [5.41, 5.74) is 7.92. The molecule has 0 saturated heterocycles. The number of fused-ring (bicyclic) bond motifs is 2. The maximum Gasteiger partial charge on any atom is 0.297 e. The van der Waals surface area contributed by atoms with Crippen LogP contribution in [0.25, 0.3) is 21.5 Å². The van der Waals surface area contributed by atoms with E-state index in [9.17, 15) is 70.0 Å². The lowest BCUT2D eigenvalue weighted by Crippen LogP contribution is -2.04. The van der Waals surface area contributed by atoms with E-state index in [1.54, 1.807) is 0 Å². The second-order valence-corrected chi connectivity index (χ2v) is 18.2. The van der Waals surface area contributed by atoms with Gasteiger partial charge in [-0.25, -0.2) is 0 Å². The largest absolute Gasteiger partial charge is 0.505 e. The first kappa shape index (κ1) is 41.1. The highest BCUT2D eigenvalue weighted by Gasteiger charge is 2.29. The smallest absolute Gasteiger partial charge is 0.297 e. The van der Waals surface area contributed by atoms with Gasteiger partial charge in [0.15, 0.2) is 5.75 Å². The molecule has 27 heteroatoms. The summed E-state index contributed by atoms with van der Waals surface area (Å²) < 4.78 is 172. The van der Waals surface area contributed by atoms with Crippen molar-refractivity contribution in [1.82, 2.24) is 0 Å². The van der Waals surface area contributed by atoms with Crippen LogP contribution in [0.2, 0.25) is 0 Å². The molecule has 0 radical (unpaired) electrons. The molecule has 0 fully saturated rings. The molecule has 0 heterocycles. The van der Waals surface area contributed by atoms with Crippen molar-refractivity contribution in [1.29, 1.82) is 0 Å². The van der Waals surface area contributed by atoms with Crippen LogP contribution in [0.1, 0.15) is 11.1 Å².